The average molecular weight is 135 g/mol. The highest BCUT2D eigenvalue weighted by molar-refractivity contribution is 5.19. The van der Waals surface area contributed by atoms with E-state index in [1.54, 1.807) is 26.0 Å². The van der Waals surface area contributed by atoms with Gasteiger partial charge in [0.15, 0.2) is 0 Å². The van der Waals surface area contributed by atoms with Gasteiger partial charge in [-0.25, -0.2) is 0 Å². The topological polar surface area (TPSA) is 20.2 Å². The molecule has 0 fully saturated rings. The molecule has 1 aromatic rings. The van der Waals surface area contributed by atoms with Gasteiger partial charge in [0, 0.05) is 0 Å². The van der Waals surface area contributed by atoms with Crippen LogP contribution in [0.25, 0.3) is 0 Å². The molecule has 0 bridgehead atoms. The number of benzene rings is 1. The Kier molecular flexibility index (Phi) is 1.77. The Morgan fingerprint density at radius 1 is 1.30 bits per heavy atom. The second-order valence-electron chi connectivity index (χ2n) is 2.85. The Labute approximate surface area is 61.3 Å². The summed E-state index contributed by atoms with van der Waals surface area (Å²) >= 11 is 0. The predicted molar refractivity (Wildman–Crippen MR) is 40.5 cm³/mol. The van der Waals surface area contributed by atoms with E-state index in [-0.39, 0.29) is 0 Å². The van der Waals surface area contributed by atoms with E-state index in [4.69, 9.17) is 0 Å². The number of hydrogen-bond acceptors (Lipinski definition) is 1. The Hall–Kier alpha value is -0.820. The van der Waals surface area contributed by atoms with E-state index in [0.717, 1.165) is 5.56 Å². The Morgan fingerprint density at radius 2 is 1.80 bits per heavy atom. The van der Waals surface area contributed by atoms with E-state index in [1.165, 1.54) is 0 Å². The minimum Gasteiger partial charge on any atom is -0.386 e. The van der Waals surface area contributed by atoms with Crippen molar-refractivity contribution in [2.24, 2.45) is 0 Å². The van der Waals surface area contributed by atoms with Crippen molar-refractivity contribution in [1.82, 2.24) is 0 Å². The van der Waals surface area contributed by atoms with Crippen molar-refractivity contribution >= 4 is 0 Å². The van der Waals surface area contributed by atoms with Crippen LogP contribution in [0.1, 0.15) is 19.4 Å². The van der Waals surface area contributed by atoms with Gasteiger partial charge in [-0.3, -0.25) is 0 Å². The maximum atomic E-state index is 9.48. The van der Waals surface area contributed by atoms with E-state index in [2.05, 4.69) is 6.07 Å². The van der Waals surface area contributed by atoms with Crippen LogP contribution < -0.4 is 0 Å². The van der Waals surface area contributed by atoms with Crippen LogP contribution in [-0.4, -0.2) is 5.11 Å². The lowest BCUT2D eigenvalue weighted by Crippen LogP contribution is -2.14. The summed E-state index contributed by atoms with van der Waals surface area (Å²) in [6, 6.07) is 10.2. The minimum atomic E-state index is -0.727. The second kappa shape index (κ2) is 2.43. The molecule has 10 heavy (non-hydrogen) atoms. The van der Waals surface area contributed by atoms with Gasteiger partial charge >= 0.3 is 0 Å². The highest BCUT2D eigenvalue weighted by Gasteiger charge is 2.13. The average Bonchev–Trinajstić information content (AvgIpc) is 1.88. The minimum absolute atomic E-state index is 0.727. The fourth-order valence-electron chi connectivity index (χ4n) is 0.795. The van der Waals surface area contributed by atoms with E-state index < -0.39 is 5.60 Å². The normalized spacial score (nSPS) is 11.5. The molecule has 1 nitrogen and oxygen atoms in total. The zero-order chi connectivity index (χ0) is 7.61. The molecule has 53 valence electrons. The summed E-state index contributed by atoms with van der Waals surface area (Å²) in [5.41, 5.74) is 0.195. The maximum Gasteiger partial charge on any atom is 0.0840 e. The van der Waals surface area contributed by atoms with E-state index >= 15 is 0 Å². The molecule has 0 spiro atoms. The molecular formula is C9H11O. The van der Waals surface area contributed by atoms with E-state index in [0.29, 0.717) is 0 Å². The number of hydrogen-bond donors (Lipinski definition) is 1. The molecule has 0 unspecified atom stereocenters. The number of rotatable bonds is 1. The van der Waals surface area contributed by atoms with Gasteiger partial charge in [0.1, 0.15) is 0 Å². The summed E-state index contributed by atoms with van der Waals surface area (Å²) in [4.78, 5) is 0. The van der Waals surface area contributed by atoms with E-state index in [9.17, 15) is 5.11 Å². The molecule has 1 aromatic carbocycles. The smallest absolute Gasteiger partial charge is 0.0840 e. The Bertz CT molecular complexity index is 196. The van der Waals surface area contributed by atoms with Crippen molar-refractivity contribution in [3.63, 3.8) is 0 Å². The van der Waals surface area contributed by atoms with Crippen LogP contribution in [0.5, 0.6) is 0 Å². The number of aliphatic hydroxyl groups is 1. The molecular weight excluding hydrogens is 124 g/mol. The lowest BCUT2D eigenvalue weighted by Gasteiger charge is -2.16. The molecule has 0 atom stereocenters. The molecule has 1 heteroatoms. The summed E-state index contributed by atoms with van der Waals surface area (Å²) in [6.45, 7) is 3.53. The molecule has 1 N–H and O–H groups in total. The SMILES string of the molecule is CC(C)(O)c1cc[c]cc1. The van der Waals surface area contributed by atoms with Crippen LogP contribution in [0.3, 0.4) is 0 Å². The molecule has 0 heterocycles. The van der Waals surface area contributed by atoms with Crippen molar-refractivity contribution < 1.29 is 5.11 Å². The molecule has 0 saturated carbocycles. The van der Waals surface area contributed by atoms with Crippen LogP contribution in [0.4, 0.5) is 0 Å². The molecule has 0 aliphatic heterocycles. The summed E-state index contributed by atoms with van der Waals surface area (Å²) < 4.78 is 0. The van der Waals surface area contributed by atoms with Gasteiger partial charge in [-0.2, -0.15) is 0 Å². The molecule has 0 aromatic heterocycles. The van der Waals surface area contributed by atoms with Gasteiger partial charge < -0.3 is 5.11 Å². The van der Waals surface area contributed by atoms with Crippen LogP contribution in [0, 0.1) is 6.07 Å². The van der Waals surface area contributed by atoms with Gasteiger partial charge in [-0.1, -0.05) is 24.3 Å². The van der Waals surface area contributed by atoms with Crippen LogP contribution in [0.2, 0.25) is 0 Å². The molecule has 1 rings (SSSR count). The molecule has 0 aliphatic carbocycles. The van der Waals surface area contributed by atoms with Gasteiger partial charge in [0.25, 0.3) is 0 Å². The summed E-state index contributed by atoms with van der Waals surface area (Å²) in [5.74, 6) is 0. The zero-order valence-electron chi connectivity index (χ0n) is 6.26. The maximum absolute atomic E-state index is 9.48. The van der Waals surface area contributed by atoms with Crippen molar-refractivity contribution in [3.8, 4) is 0 Å². The van der Waals surface area contributed by atoms with Crippen LogP contribution >= 0.6 is 0 Å². The monoisotopic (exact) mass is 135 g/mol. The third-order valence-corrected chi connectivity index (χ3v) is 1.42. The van der Waals surface area contributed by atoms with Crippen LogP contribution in [0.15, 0.2) is 24.3 Å². The largest absolute Gasteiger partial charge is 0.386 e. The fourth-order valence-corrected chi connectivity index (χ4v) is 0.795. The fraction of sp³-hybridized carbons (Fsp3) is 0.333. The highest BCUT2D eigenvalue weighted by atomic mass is 16.3. The summed E-state index contributed by atoms with van der Waals surface area (Å²) in [6.07, 6.45) is 0. The van der Waals surface area contributed by atoms with E-state index in [1.807, 2.05) is 12.1 Å². The molecule has 1 radical (unpaired) electrons. The van der Waals surface area contributed by atoms with Gasteiger partial charge in [-0.15, -0.1) is 0 Å². The van der Waals surface area contributed by atoms with Crippen LogP contribution in [-0.2, 0) is 5.60 Å². The van der Waals surface area contributed by atoms with Crippen molar-refractivity contribution in [2.45, 2.75) is 19.4 Å². The Morgan fingerprint density at radius 3 is 2.10 bits per heavy atom. The standard InChI is InChI=1S/C9H11O/c1-9(2,10)8-6-4-3-5-7-8/h4-7,10H,1-2H3. The quantitative estimate of drug-likeness (QED) is 0.621. The van der Waals surface area contributed by atoms with Crippen molar-refractivity contribution in [1.29, 1.82) is 0 Å². The van der Waals surface area contributed by atoms with Gasteiger partial charge in [0.05, 0.1) is 5.60 Å². The predicted octanol–water partition coefficient (Wildman–Crippen LogP) is 1.71. The first-order chi connectivity index (χ1) is 4.61. The lowest BCUT2D eigenvalue weighted by atomic mass is 9.99. The van der Waals surface area contributed by atoms with Gasteiger partial charge in [0.2, 0.25) is 0 Å². The Balaban J connectivity index is 2.97. The third-order valence-electron chi connectivity index (χ3n) is 1.42. The van der Waals surface area contributed by atoms with Crippen molar-refractivity contribution in [2.75, 3.05) is 0 Å². The summed E-state index contributed by atoms with van der Waals surface area (Å²) in [5, 5.41) is 9.48. The lowest BCUT2D eigenvalue weighted by molar-refractivity contribution is 0.0786. The first kappa shape index (κ1) is 7.29. The first-order valence-corrected chi connectivity index (χ1v) is 3.29. The zero-order valence-corrected chi connectivity index (χ0v) is 6.26. The molecule has 0 aliphatic rings. The second-order valence-corrected chi connectivity index (χ2v) is 2.85. The molecule has 0 saturated heterocycles. The molecule has 0 amide bonds. The first-order valence-electron chi connectivity index (χ1n) is 3.29. The summed E-state index contributed by atoms with van der Waals surface area (Å²) in [7, 11) is 0. The third kappa shape index (κ3) is 1.58. The highest BCUT2D eigenvalue weighted by Crippen LogP contribution is 2.17. The van der Waals surface area contributed by atoms with Crippen molar-refractivity contribution in [3.05, 3.63) is 35.9 Å². The van der Waals surface area contributed by atoms with Gasteiger partial charge in [-0.05, 0) is 25.5 Å².